The van der Waals surface area contributed by atoms with E-state index in [9.17, 15) is 4.79 Å². The molecule has 0 bridgehead atoms. The average Bonchev–Trinajstić information content (AvgIpc) is 2.55. The second-order valence-corrected chi connectivity index (χ2v) is 5.74. The number of amides is 2. The number of hydrogen-bond donors (Lipinski definition) is 2. The van der Waals surface area contributed by atoms with E-state index < -0.39 is 0 Å². The van der Waals surface area contributed by atoms with Crippen molar-refractivity contribution in [3.8, 4) is 0 Å². The molecule has 120 valence electrons. The molecule has 2 aromatic carbocycles. The molecule has 2 amide bonds. The van der Waals surface area contributed by atoms with Crippen molar-refractivity contribution in [2.45, 2.75) is 33.1 Å². The summed E-state index contributed by atoms with van der Waals surface area (Å²) >= 11 is 0. The Balaban J connectivity index is 1.98. The zero-order chi connectivity index (χ0) is 16.7. The summed E-state index contributed by atoms with van der Waals surface area (Å²) in [6, 6.07) is 15.8. The predicted octanol–water partition coefficient (Wildman–Crippen LogP) is 5.30. The van der Waals surface area contributed by atoms with Crippen molar-refractivity contribution < 1.29 is 4.79 Å². The van der Waals surface area contributed by atoms with Crippen molar-refractivity contribution in [2.24, 2.45) is 0 Å². The van der Waals surface area contributed by atoms with E-state index in [0.717, 1.165) is 23.2 Å². The van der Waals surface area contributed by atoms with Crippen LogP contribution in [0.5, 0.6) is 0 Å². The fourth-order valence-electron chi connectivity index (χ4n) is 2.41. The number of rotatable bonds is 5. The summed E-state index contributed by atoms with van der Waals surface area (Å²) in [5.74, 6) is 0.411. The van der Waals surface area contributed by atoms with E-state index in [1.165, 1.54) is 5.56 Å². The first kappa shape index (κ1) is 16.8. The fourth-order valence-corrected chi connectivity index (χ4v) is 2.41. The maximum Gasteiger partial charge on any atom is 0.323 e. The Labute approximate surface area is 138 Å². The van der Waals surface area contributed by atoms with Gasteiger partial charge >= 0.3 is 6.03 Å². The minimum Gasteiger partial charge on any atom is -0.314 e. The van der Waals surface area contributed by atoms with Crippen LogP contribution >= 0.6 is 0 Å². The second-order valence-electron chi connectivity index (χ2n) is 5.74. The van der Waals surface area contributed by atoms with Crippen LogP contribution in [-0.4, -0.2) is 6.03 Å². The Morgan fingerprint density at radius 3 is 2.70 bits per heavy atom. The number of nitrogens with one attached hydrogen (secondary N) is 2. The molecule has 23 heavy (non-hydrogen) atoms. The molecule has 1 unspecified atom stereocenters. The summed E-state index contributed by atoms with van der Waals surface area (Å²) in [7, 11) is 0. The Morgan fingerprint density at radius 2 is 1.96 bits per heavy atom. The van der Waals surface area contributed by atoms with E-state index in [4.69, 9.17) is 0 Å². The van der Waals surface area contributed by atoms with Gasteiger partial charge in [0.15, 0.2) is 0 Å². The van der Waals surface area contributed by atoms with Crippen LogP contribution in [0.4, 0.5) is 10.5 Å². The first-order valence-electron chi connectivity index (χ1n) is 7.99. The van der Waals surface area contributed by atoms with Gasteiger partial charge in [0.2, 0.25) is 0 Å². The number of carbonyl (C=O) groups excluding carboxylic acids is 1. The van der Waals surface area contributed by atoms with Gasteiger partial charge in [-0.15, -0.1) is 0 Å². The Hall–Kier alpha value is -2.55. The minimum atomic E-state index is -0.232. The van der Waals surface area contributed by atoms with Crippen molar-refractivity contribution in [1.29, 1.82) is 0 Å². The van der Waals surface area contributed by atoms with Gasteiger partial charge in [-0.25, -0.2) is 4.79 Å². The second kappa shape index (κ2) is 8.18. The summed E-state index contributed by atoms with van der Waals surface area (Å²) in [6.45, 7) is 6.35. The van der Waals surface area contributed by atoms with Crippen LogP contribution in [0.2, 0.25) is 0 Å². The van der Waals surface area contributed by atoms with Gasteiger partial charge in [0.1, 0.15) is 0 Å². The Bertz CT molecular complexity index is 692. The van der Waals surface area contributed by atoms with Gasteiger partial charge in [0.05, 0.1) is 0 Å². The molecule has 2 aromatic rings. The van der Waals surface area contributed by atoms with Crippen molar-refractivity contribution in [3.05, 3.63) is 71.4 Å². The van der Waals surface area contributed by atoms with Gasteiger partial charge in [-0.2, -0.15) is 0 Å². The normalized spacial score (nSPS) is 12.1. The predicted molar refractivity (Wildman–Crippen MR) is 97.5 cm³/mol. The zero-order valence-electron chi connectivity index (χ0n) is 14.0. The van der Waals surface area contributed by atoms with Gasteiger partial charge in [-0.3, -0.25) is 0 Å². The number of anilines is 1. The molecule has 0 aliphatic carbocycles. The lowest BCUT2D eigenvalue weighted by atomic mass is 9.97. The van der Waals surface area contributed by atoms with Crippen LogP contribution in [0.25, 0.3) is 6.08 Å². The molecule has 2 N–H and O–H groups in total. The van der Waals surface area contributed by atoms with E-state index in [2.05, 4.69) is 36.6 Å². The molecule has 0 aromatic heterocycles. The molecule has 1 atom stereocenters. The van der Waals surface area contributed by atoms with Gasteiger partial charge in [0, 0.05) is 11.9 Å². The van der Waals surface area contributed by atoms with Crippen LogP contribution in [0.3, 0.4) is 0 Å². The molecule has 0 spiro atoms. The van der Waals surface area contributed by atoms with E-state index >= 15 is 0 Å². The first-order valence-corrected chi connectivity index (χ1v) is 7.99. The fraction of sp³-hybridized carbons (Fsp3) is 0.250. The summed E-state index contributed by atoms with van der Waals surface area (Å²) in [4.78, 5) is 12.1. The SMILES string of the molecule is CCC(C)c1ccccc1NC(=O)N/C=C/c1cccc(C)c1. The molecular weight excluding hydrogens is 284 g/mol. The number of urea groups is 1. The largest absolute Gasteiger partial charge is 0.323 e. The highest BCUT2D eigenvalue weighted by Crippen LogP contribution is 2.26. The number of para-hydroxylation sites is 1. The van der Waals surface area contributed by atoms with Gasteiger partial charge < -0.3 is 10.6 Å². The maximum atomic E-state index is 12.1. The third-order valence-corrected chi connectivity index (χ3v) is 3.88. The third kappa shape index (κ3) is 4.99. The van der Waals surface area contributed by atoms with Crippen molar-refractivity contribution in [1.82, 2.24) is 5.32 Å². The highest BCUT2D eigenvalue weighted by Gasteiger charge is 2.09. The molecular formula is C20H24N2O. The molecule has 0 heterocycles. The number of benzene rings is 2. The molecule has 0 radical (unpaired) electrons. The van der Waals surface area contributed by atoms with Crippen LogP contribution in [0.1, 0.15) is 42.9 Å². The van der Waals surface area contributed by atoms with E-state index in [1.54, 1.807) is 6.20 Å². The summed E-state index contributed by atoms with van der Waals surface area (Å²) in [5, 5.41) is 5.67. The highest BCUT2D eigenvalue weighted by molar-refractivity contribution is 5.91. The Morgan fingerprint density at radius 1 is 1.17 bits per heavy atom. The van der Waals surface area contributed by atoms with E-state index in [-0.39, 0.29) is 6.03 Å². The minimum absolute atomic E-state index is 0.232. The summed E-state index contributed by atoms with van der Waals surface area (Å²) < 4.78 is 0. The van der Waals surface area contributed by atoms with Crippen LogP contribution in [0, 0.1) is 6.92 Å². The van der Waals surface area contributed by atoms with E-state index in [1.807, 2.05) is 49.4 Å². The van der Waals surface area contributed by atoms with Gasteiger partial charge in [-0.05, 0) is 42.5 Å². The quantitative estimate of drug-likeness (QED) is 0.773. The topological polar surface area (TPSA) is 41.1 Å². The molecule has 2 rings (SSSR count). The lowest BCUT2D eigenvalue weighted by molar-refractivity contribution is 0.255. The van der Waals surface area contributed by atoms with Crippen LogP contribution in [-0.2, 0) is 0 Å². The third-order valence-electron chi connectivity index (χ3n) is 3.88. The monoisotopic (exact) mass is 308 g/mol. The first-order chi connectivity index (χ1) is 11.1. The number of aryl methyl sites for hydroxylation is 1. The van der Waals surface area contributed by atoms with Crippen LogP contribution in [0.15, 0.2) is 54.7 Å². The smallest absolute Gasteiger partial charge is 0.314 e. The lowest BCUT2D eigenvalue weighted by Gasteiger charge is -2.15. The van der Waals surface area contributed by atoms with Gasteiger partial charge in [0.25, 0.3) is 0 Å². The number of hydrogen-bond acceptors (Lipinski definition) is 1. The summed E-state index contributed by atoms with van der Waals surface area (Å²) in [6.07, 6.45) is 4.58. The highest BCUT2D eigenvalue weighted by atomic mass is 16.2. The molecule has 0 aliphatic heterocycles. The van der Waals surface area contributed by atoms with Crippen molar-refractivity contribution >= 4 is 17.8 Å². The Kier molecular flexibility index (Phi) is 5.98. The van der Waals surface area contributed by atoms with Crippen LogP contribution < -0.4 is 10.6 Å². The summed E-state index contributed by atoms with van der Waals surface area (Å²) in [5.41, 5.74) is 4.28. The van der Waals surface area contributed by atoms with Crippen molar-refractivity contribution in [3.63, 3.8) is 0 Å². The van der Waals surface area contributed by atoms with Crippen molar-refractivity contribution in [2.75, 3.05) is 5.32 Å². The molecule has 0 saturated carbocycles. The number of carbonyl (C=O) groups is 1. The standard InChI is InChI=1S/C20H24N2O/c1-4-16(3)18-10-5-6-11-19(18)22-20(23)21-13-12-17-9-7-8-15(2)14-17/h5-14,16H,4H2,1-3H3,(H2,21,22,23)/b13-12+. The maximum absolute atomic E-state index is 12.1. The molecule has 3 nitrogen and oxygen atoms in total. The molecule has 3 heteroatoms. The van der Waals surface area contributed by atoms with Gasteiger partial charge in [-0.1, -0.05) is 61.9 Å². The van der Waals surface area contributed by atoms with E-state index in [0.29, 0.717) is 5.92 Å². The lowest BCUT2D eigenvalue weighted by Crippen LogP contribution is -2.24. The molecule has 0 saturated heterocycles. The molecule has 0 fully saturated rings. The molecule has 0 aliphatic rings. The zero-order valence-corrected chi connectivity index (χ0v) is 14.0. The average molecular weight is 308 g/mol.